The molecule has 2 aliphatic heterocycles. The first kappa shape index (κ1) is 13.3. The lowest BCUT2D eigenvalue weighted by Crippen LogP contribution is -2.24. The number of hydrogen-bond donors (Lipinski definition) is 0. The van der Waals surface area contributed by atoms with Gasteiger partial charge >= 0.3 is 5.97 Å². The van der Waals surface area contributed by atoms with Crippen LogP contribution in [0.2, 0.25) is 0 Å². The van der Waals surface area contributed by atoms with Gasteiger partial charge in [-0.1, -0.05) is 0 Å². The summed E-state index contributed by atoms with van der Waals surface area (Å²) in [6.07, 6.45) is 0. The quantitative estimate of drug-likeness (QED) is 0.777. The molecule has 3 rings (SSSR count). The number of benzene rings is 1. The van der Waals surface area contributed by atoms with Crippen LogP contribution in [0.5, 0.6) is 11.5 Å². The Morgan fingerprint density at radius 2 is 2.05 bits per heavy atom. The van der Waals surface area contributed by atoms with Gasteiger partial charge in [-0.05, 0) is 24.6 Å². The molecule has 2 heterocycles. The smallest absolute Gasteiger partial charge is 0.323 e. The first-order chi connectivity index (χ1) is 9.70. The first-order valence-corrected chi connectivity index (χ1v) is 7.50. The molecule has 0 bridgehead atoms. The Morgan fingerprint density at radius 3 is 2.75 bits per heavy atom. The second kappa shape index (κ2) is 5.36. The maximum absolute atomic E-state index is 12.0. The van der Waals surface area contributed by atoms with E-state index in [1.165, 1.54) is 11.8 Å². The molecule has 0 amide bonds. The lowest BCUT2D eigenvalue weighted by molar-refractivity contribution is -0.142. The molecule has 0 aromatic heterocycles. The monoisotopic (exact) mass is 294 g/mol. The van der Waals surface area contributed by atoms with Crippen molar-refractivity contribution in [1.29, 1.82) is 0 Å². The molecule has 1 atom stereocenters. The van der Waals surface area contributed by atoms with Crippen molar-refractivity contribution in [2.75, 3.05) is 25.6 Å². The average Bonchev–Trinajstić information content (AvgIpc) is 2.46. The molecule has 1 aromatic carbocycles. The van der Waals surface area contributed by atoms with E-state index in [-0.39, 0.29) is 17.5 Å². The van der Waals surface area contributed by atoms with Crippen molar-refractivity contribution in [3.05, 3.63) is 23.3 Å². The number of fused-ring (bicyclic) bond motifs is 2. The van der Waals surface area contributed by atoms with Crippen molar-refractivity contribution in [3.63, 3.8) is 0 Å². The number of carbonyl (C=O) groups excluding carboxylic acids is 2. The second-order valence-corrected chi connectivity index (χ2v) is 5.54. The van der Waals surface area contributed by atoms with Gasteiger partial charge < -0.3 is 14.2 Å². The molecule has 0 aliphatic carbocycles. The van der Waals surface area contributed by atoms with Gasteiger partial charge in [-0.15, -0.1) is 11.8 Å². The number of hydrogen-bond acceptors (Lipinski definition) is 6. The lowest BCUT2D eigenvalue weighted by atomic mass is 9.99. The van der Waals surface area contributed by atoms with E-state index in [0.717, 1.165) is 0 Å². The molecule has 0 saturated heterocycles. The number of thioether (sulfide) groups is 1. The third-order valence-corrected chi connectivity index (χ3v) is 4.39. The summed E-state index contributed by atoms with van der Waals surface area (Å²) in [7, 11) is 0. The van der Waals surface area contributed by atoms with E-state index in [0.29, 0.717) is 42.4 Å². The summed E-state index contributed by atoms with van der Waals surface area (Å²) in [5.41, 5.74) is 1.19. The van der Waals surface area contributed by atoms with Crippen LogP contribution in [-0.4, -0.2) is 37.3 Å². The van der Waals surface area contributed by atoms with Gasteiger partial charge in [-0.25, -0.2) is 0 Å². The highest BCUT2D eigenvalue weighted by Crippen LogP contribution is 2.43. The summed E-state index contributed by atoms with van der Waals surface area (Å²) in [6, 6.07) is 3.41. The zero-order valence-electron chi connectivity index (χ0n) is 11.0. The highest BCUT2D eigenvalue weighted by Gasteiger charge is 2.34. The normalized spacial score (nSPS) is 20.2. The summed E-state index contributed by atoms with van der Waals surface area (Å²) >= 11 is 1.29. The molecule has 0 spiro atoms. The standard InChI is InChI=1S/C14H14O5S/c1-2-17-14(16)13-9-6-12-11(18-3-4-19-12)5-8(9)10(15)7-20-13/h5-6,13H,2-4,7H2,1H3. The van der Waals surface area contributed by atoms with Gasteiger partial charge in [0.25, 0.3) is 0 Å². The minimum absolute atomic E-state index is 0.00234. The minimum atomic E-state index is -0.474. The maximum atomic E-state index is 12.0. The molecule has 20 heavy (non-hydrogen) atoms. The minimum Gasteiger partial charge on any atom is -0.486 e. The van der Waals surface area contributed by atoms with Crippen molar-refractivity contribution in [3.8, 4) is 11.5 Å². The third kappa shape index (κ3) is 2.24. The number of carbonyl (C=O) groups is 2. The molecule has 1 aromatic rings. The van der Waals surface area contributed by atoms with Crippen LogP contribution in [0.25, 0.3) is 0 Å². The molecular weight excluding hydrogens is 280 g/mol. The molecule has 106 valence electrons. The Balaban J connectivity index is 2.04. The highest BCUT2D eigenvalue weighted by molar-refractivity contribution is 8.01. The summed E-state index contributed by atoms with van der Waals surface area (Å²) < 4.78 is 16.1. The van der Waals surface area contributed by atoms with Gasteiger partial charge in [0.15, 0.2) is 17.3 Å². The van der Waals surface area contributed by atoms with E-state index >= 15 is 0 Å². The number of Topliss-reactive ketones (excluding diaryl/α,β-unsaturated/α-hetero) is 1. The Bertz CT molecular complexity index is 569. The fraction of sp³-hybridized carbons (Fsp3) is 0.429. The number of ketones is 1. The van der Waals surface area contributed by atoms with Gasteiger partial charge in [0.05, 0.1) is 12.4 Å². The lowest BCUT2D eigenvalue weighted by Gasteiger charge is -2.26. The molecule has 0 saturated carbocycles. The first-order valence-electron chi connectivity index (χ1n) is 6.45. The largest absolute Gasteiger partial charge is 0.486 e. The Labute approximate surface area is 120 Å². The van der Waals surface area contributed by atoms with E-state index in [9.17, 15) is 9.59 Å². The van der Waals surface area contributed by atoms with E-state index in [4.69, 9.17) is 14.2 Å². The van der Waals surface area contributed by atoms with Crippen molar-refractivity contribution in [2.45, 2.75) is 12.2 Å². The highest BCUT2D eigenvalue weighted by atomic mass is 32.2. The fourth-order valence-corrected chi connectivity index (χ4v) is 3.35. The second-order valence-electron chi connectivity index (χ2n) is 4.45. The van der Waals surface area contributed by atoms with Gasteiger partial charge in [-0.2, -0.15) is 0 Å². The molecular formula is C14H14O5S. The van der Waals surface area contributed by atoms with Crippen LogP contribution >= 0.6 is 11.8 Å². The van der Waals surface area contributed by atoms with Gasteiger partial charge in [0.1, 0.15) is 18.5 Å². The fourth-order valence-electron chi connectivity index (χ4n) is 2.30. The summed E-state index contributed by atoms with van der Waals surface area (Å²) in [4.78, 5) is 24.0. The van der Waals surface area contributed by atoms with Crippen molar-refractivity contribution >= 4 is 23.5 Å². The average molecular weight is 294 g/mol. The van der Waals surface area contributed by atoms with Crippen LogP contribution in [0.3, 0.4) is 0 Å². The van der Waals surface area contributed by atoms with E-state index in [1.54, 1.807) is 19.1 Å². The molecule has 0 fully saturated rings. The topological polar surface area (TPSA) is 61.8 Å². The summed E-state index contributed by atoms with van der Waals surface area (Å²) in [5.74, 6) is 1.11. The number of ether oxygens (including phenoxy) is 3. The van der Waals surface area contributed by atoms with Crippen LogP contribution in [0, 0.1) is 0 Å². The molecule has 0 radical (unpaired) electrons. The van der Waals surface area contributed by atoms with E-state index < -0.39 is 5.25 Å². The van der Waals surface area contributed by atoms with Crippen molar-refractivity contribution < 1.29 is 23.8 Å². The van der Waals surface area contributed by atoms with Crippen LogP contribution in [0.15, 0.2) is 12.1 Å². The van der Waals surface area contributed by atoms with E-state index in [2.05, 4.69) is 0 Å². The predicted molar refractivity (Wildman–Crippen MR) is 73.6 cm³/mol. The molecule has 0 N–H and O–H groups in total. The van der Waals surface area contributed by atoms with Crippen LogP contribution in [-0.2, 0) is 9.53 Å². The van der Waals surface area contributed by atoms with Crippen molar-refractivity contribution in [2.24, 2.45) is 0 Å². The third-order valence-electron chi connectivity index (χ3n) is 3.18. The molecule has 1 unspecified atom stereocenters. The molecule has 5 nitrogen and oxygen atoms in total. The maximum Gasteiger partial charge on any atom is 0.323 e. The summed E-state index contributed by atoms with van der Waals surface area (Å²) in [6.45, 7) is 3.03. The van der Waals surface area contributed by atoms with Crippen molar-refractivity contribution in [1.82, 2.24) is 0 Å². The Morgan fingerprint density at radius 1 is 1.35 bits per heavy atom. The molecule has 2 aliphatic rings. The van der Waals surface area contributed by atoms with Crippen LogP contribution in [0.1, 0.15) is 28.1 Å². The SMILES string of the molecule is CCOC(=O)C1SCC(=O)c2cc3c(cc21)OCCO3. The molecule has 6 heteroatoms. The zero-order chi connectivity index (χ0) is 14.1. The number of rotatable bonds is 2. The Kier molecular flexibility index (Phi) is 3.56. The van der Waals surface area contributed by atoms with Gasteiger partial charge in [0, 0.05) is 5.56 Å². The van der Waals surface area contributed by atoms with E-state index in [1.807, 2.05) is 0 Å². The van der Waals surface area contributed by atoms with Gasteiger partial charge in [0.2, 0.25) is 0 Å². The zero-order valence-corrected chi connectivity index (χ0v) is 11.8. The summed E-state index contributed by atoms with van der Waals surface area (Å²) in [5, 5.41) is -0.474. The van der Waals surface area contributed by atoms with Crippen LogP contribution < -0.4 is 9.47 Å². The Hall–Kier alpha value is -1.69. The van der Waals surface area contributed by atoms with Crippen LogP contribution in [0.4, 0.5) is 0 Å². The number of esters is 1. The predicted octanol–water partition coefficient (Wildman–Crippen LogP) is 1.99. The van der Waals surface area contributed by atoms with Gasteiger partial charge in [-0.3, -0.25) is 9.59 Å².